The van der Waals surface area contributed by atoms with Gasteiger partial charge in [0.1, 0.15) is 0 Å². The summed E-state index contributed by atoms with van der Waals surface area (Å²) in [6, 6.07) is 15.0. The fourth-order valence-electron chi connectivity index (χ4n) is 1.70. The number of halogens is 1. The number of hydrogen-bond donors (Lipinski definition) is 1. The molecule has 5 heteroatoms. The number of para-hydroxylation sites is 1. The van der Waals surface area contributed by atoms with Gasteiger partial charge >= 0.3 is 0 Å². The summed E-state index contributed by atoms with van der Waals surface area (Å²) in [4.78, 5) is 16.4. The highest BCUT2D eigenvalue weighted by Gasteiger charge is 2.09. The lowest BCUT2D eigenvalue weighted by Crippen LogP contribution is -2.11. The van der Waals surface area contributed by atoms with Crippen LogP contribution in [-0.2, 0) is 0 Å². The van der Waals surface area contributed by atoms with Crippen molar-refractivity contribution in [2.45, 2.75) is 0 Å². The molecular weight excluding hydrogens is 324 g/mol. The number of hydrogen-bond acceptors (Lipinski definition) is 3. The Bertz CT molecular complexity index is 704. The molecule has 0 unspecified atom stereocenters. The van der Waals surface area contributed by atoms with Crippen molar-refractivity contribution in [1.29, 1.82) is 0 Å². The van der Waals surface area contributed by atoms with Crippen molar-refractivity contribution in [2.24, 2.45) is 0 Å². The third-order valence-corrected chi connectivity index (χ3v) is 4.10. The minimum absolute atomic E-state index is 0.147. The van der Waals surface area contributed by atoms with Gasteiger partial charge in [0.15, 0.2) is 5.13 Å². The fraction of sp³-hybridized carbons (Fsp3) is 0. The maximum absolute atomic E-state index is 12.0. The first kappa shape index (κ1) is 12.3. The Morgan fingerprint density at radius 1 is 1.11 bits per heavy atom. The van der Waals surface area contributed by atoms with E-state index in [1.54, 1.807) is 12.1 Å². The fourth-order valence-corrected chi connectivity index (χ4v) is 2.82. The lowest BCUT2D eigenvalue weighted by atomic mass is 10.2. The van der Waals surface area contributed by atoms with Gasteiger partial charge in [-0.25, -0.2) is 4.98 Å². The molecule has 0 radical (unpaired) electrons. The summed E-state index contributed by atoms with van der Waals surface area (Å²) in [7, 11) is 0. The topological polar surface area (TPSA) is 42.0 Å². The molecular formula is C14H9BrN2OS. The summed E-state index contributed by atoms with van der Waals surface area (Å²) >= 11 is 4.81. The van der Waals surface area contributed by atoms with Crippen molar-refractivity contribution in [2.75, 3.05) is 5.32 Å². The van der Waals surface area contributed by atoms with Crippen LogP contribution in [0.15, 0.2) is 53.0 Å². The molecule has 0 aliphatic carbocycles. The molecule has 1 N–H and O–H groups in total. The number of nitrogens with zero attached hydrogens (tertiary/aromatic N) is 1. The van der Waals surface area contributed by atoms with E-state index in [-0.39, 0.29) is 5.91 Å². The zero-order valence-electron chi connectivity index (χ0n) is 9.76. The molecule has 0 spiro atoms. The highest BCUT2D eigenvalue weighted by Crippen LogP contribution is 2.25. The van der Waals surface area contributed by atoms with E-state index in [4.69, 9.17) is 0 Å². The molecule has 0 bridgehead atoms. The van der Waals surface area contributed by atoms with E-state index in [0.717, 1.165) is 14.7 Å². The summed E-state index contributed by atoms with van der Waals surface area (Å²) in [6.07, 6.45) is 0. The van der Waals surface area contributed by atoms with Gasteiger partial charge in [-0.15, -0.1) is 0 Å². The molecule has 94 valence electrons. The zero-order valence-corrected chi connectivity index (χ0v) is 12.2. The largest absolute Gasteiger partial charge is 0.298 e. The van der Waals surface area contributed by atoms with E-state index in [1.165, 1.54) is 11.3 Å². The molecule has 1 aromatic heterocycles. The maximum Gasteiger partial charge on any atom is 0.257 e. The molecule has 1 heterocycles. The van der Waals surface area contributed by atoms with Crippen molar-refractivity contribution in [3.8, 4) is 0 Å². The van der Waals surface area contributed by atoms with Gasteiger partial charge in [-0.05, 0) is 36.4 Å². The SMILES string of the molecule is O=C(Nc1nc2ccccc2s1)c1ccc(Br)cc1. The van der Waals surface area contributed by atoms with Crippen LogP contribution in [0.25, 0.3) is 10.2 Å². The lowest BCUT2D eigenvalue weighted by Gasteiger charge is -2.01. The highest BCUT2D eigenvalue weighted by molar-refractivity contribution is 9.10. The number of thiazole rings is 1. The van der Waals surface area contributed by atoms with Crippen molar-refractivity contribution < 1.29 is 4.79 Å². The standard InChI is InChI=1S/C14H9BrN2OS/c15-10-7-5-9(6-8-10)13(18)17-14-16-11-3-1-2-4-12(11)19-14/h1-8H,(H,16,17,18). The van der Waals surface area contributed by atoms with Gasteiger partial charge in [-0.3, -0.25) is 10.1 Å². The molecule has 0 saturated heterocycles. The Balaban J connectivity index is 1.84. The number of fused-ring (bicyclic) bond motifs is 1. The van der Waals surface area contributed by atoms with E-state index in [9.17, 15) is 4.79 Å². The van der Waals surface area contributed by atoms with E-state index in [0.29, 0.717) is 10.7 Å². The van der Waals surface area contributed by atoms with Gasteiger partial charge in [0.25, 0.3) is 5.91 Å². The van der Waals surface area contributed by atoms with Crippen LogP contribution in [0, 0.1) is 0 Å². The number of carbonyl (C=O) groups excluding carboxylic acids is 1. The van der Waals surface area contributed by atoms with Gasteiger partial charge in [0, 0.05) is 10.0 Å². The monoisotopic (exact) mass is 332 g/mol. The van der Waals surface area contributed by atoms with E-state index in [2.05, 4.69) is 26.2 Å². The second-order valence-corrected chi connectivity index (χ2v) is 5.89. The second kappa shape index (κ2) is 5.11. The number of benzene rings is 2. The Labute approximate surface area is 122 Å². The smallest absolute Gasteiger partial charge is 0.257 e. The average molecular weight is 333 g/mol. The molecule has 0 aliphatic heterocycles. The minimum atomic E-state index is -0.147. The molecule has 0 fully saturated rings. The molecule has 1 amide bonds. The Morgan fingerprint density at radius 2 is 1.84 bits per heavy atom. The van der Waals surface area contributed by atoms with Crippen molar-refractivity contribution in [3.63, 3.8) is 0 Å². The summed E-state index contributed by atoms with van der Waals surface area (Å²) < 4.78 is 2.01. The van der Waals surface area contributed by atoms with Crippen LogP contribution in [-0.4, -0.2) is 10.9 Å². The maximum atomic E-state index is 12.0. The molecule has 0 atom stereocenters. The van der Waals surface area contributed by atoms with Crippen LogP contribution in [0.5, 0.6) is 0 Å². The zero-order chi connectivity index (χ0) is 13.2. The first-order chi connectivity index (χ1) is 9.22. The predicted octanol–water partition coefficient (Wildman–Crippen LogP) is 4.31. The van der Waals surface area contributed by atoms with E-state index in [1.807, 2.05) is 36.4 Å². The van der Waals surface area contributed by atoms with Crippen LogP contribution in [0.3, 0.4) is 0 Å². The summed E-state index contributed by atoms with van der Waals surface area (Å²) in [5.41, 5.74) is 1.51. The third-order valence-electron chi connectivity index (χ3n) is 2.62. The number of nitrogens with one attached hydrogen (secondary N) is 1. The Hall–Kier alpha value is -1.72. The van der Waals surface area contributed by atoms with Gasteiger partial charge < -0.3 is 0 Å². The third kappa shape index (κ3) is 2.67. The second-order valence-electron chi connectivity index (χ2n) is 3.95. The molecule has 2 aromatic carbocycles. The normalized spacial score (nSPS) is 10.6. The number of aromatic nitrogens is 1. The van der Waals surface area contributed by atoms with E-state index < -0.39 is 0 Å². The number of rotatable bonds is 2. The van der Waals surface area contributed by atoms with Crippen LogP contribution in [0.1, 0.15) is 10.4 Å². The van der Waals surface area contributed by atoms with Crippen molar-refractivity contribution in [1.82, 2.24) is 4.98 Å². The van der Waals surface area contributed by atoms with Gasteiger partial charge in [0.2, 0.25) is 0 Å². The molecule has 3 nitrogen and oxygen atoms in total. The Kier molecular flexibility index (Phi) is 3.31. The summed E-state index contributed by atoms with van der Waals surface area (Å²) in [5.74, 6) is -0.147. The lowest BCUT2D eigenvalue weighted by molar-refractivity contribution is 0.102. The molecule has 19 heavy (non-hydrogen) atoms. The Morgan fingerprint density at radius 3 is 2.58 bits per heavy atom. The van der Waals surface area contributed by atoms with Gasteiger partial charge in [-0.2, -0.15) is 0 Å². The number of anilines is 1. The summed E-state index contributed by atoms with van der Waals surface area (Å²) in [5, 5.41) is 3.44. The van der Waals surface area contributed by atoms with E-state index >= 15 is 0 Å². The van der Waals surface area contributed by atoms with Gasteiger partial charge in [0.05, 0.1) is 10.2 Å². The molecule has 3 rings (SSSR count). The molecule has 0 saturated carbocycles. The highest BCUT2D eigenvalue weighted by atomic mass is 79.9. The van der Waals surface area contributed by atoms with Crippen LogP contribution < -0.4 is 5.32 Å². The quantitative estimate of drug-likeness (QED) is 0.759. The van der Waals surface area contributed by atoms with Crippen molar-refractivity contribution in [3.05, 3.63) is 58.6 Å². The van der Waals surface area contributed by atoms with Gasteiger partial charge in [-0.1, -0.05) is 39.4 Å². The van der Waals surface area contributed by atoms with Crippen LogP contribution >= 0.6 is 27.3 Å². The van der Waals surface area contributed by atoms with Crippen LogP contribution in [0.2, 0.25) is 0 Å². The minimum Gasteiger partial charge on any atom is -0.298 e. The van der Waals surface area contributed by atoms with Crippen molar-refractivity contribution >= 4 is 48.5 Å². The number of amides is 1. The summed E-state index contributed by atoms with van der Waals surface area (Å²) in [6.45, 7) is 0. The average Bonchev–Trinajstić information content (AvgIpc) is 2.81. The predicted molar refractivity (Wildman–Crippen MR) is 81.7 cm³/mol. The molecule has 3 aromatic rings. The molecule has 0 aliphatic rings. The first-order valence-corrected chi connectivity index (χ1v) is 7.26. The first-order valence-electron chi connectivity index (χ1n) is 5.65. The number of carbonyl (C=O) groups is 1. The van der Waals surface area contributed by atoms with Crippen LogP contribution in [0.4, 0.5) is 5.13 Å².